The van der Waals surface area contributed by atoms with Gasteiger partial charge in [-0.25, -0.2) is 0 Å². The van der Waals surface area contributed by atoms with Crippen LogP contribution in [-0.4, -0.2) is 32.1 Å². The van der Waals surface area contributed by atoms with E-state index in [9.17, 15) is 4.79 Å². The van der Waals surface area contributed by atoms with Gasteiger partial charge in [0.05, 0.1) is 12.8 Å². The molecule has 5 heteroatoms. The van der Waals surface area contributed by atoms with Crippen molar-refractivity contribution in [2.75, 3.05) is 30.8 Å². The van der Waals surface area contributed by atoms with Crippen LogP contribution in [0.25, 0.3) is 0 Å². The van der Waals surface area contributed by atoms with Gasteiger partial charge < -0.3 is 20.7 Å². The zero-order valence-corrected chi connectivity index (χ0v) is 11.8. The lowest BCUT2D eigenvalue weighted by molar-refractivity contribution is -0.124. The smallest absolute Gasteiger partial charge is 0.220 e. The fourth-order valence-corrected chi connectivity index (χ4v) is 3.24. The molecule has 2 unspecified atom stereocenters. The molecular weight excluding hydrogens is 254 g/mol. The van der Waals surface area contributed by atoms with Crippen molar-refractivity contribution >= 4 is 17.3 Å². The zero-order chi connectivity index (χ0) is 14.1. The fraction of sp³-hybridized carbons (Fsp3) is 0.533. The van der Waals surface area contributed by atoms with Crippen molar-refractivity contribution in [3.63, 3.8) is 0 Å². The molecule has 3 N–H and O–H groups in total. The van der Waals surface area contributed by atoms with Gasteiger partial charge in [0.25, 0.3) is 0 Å². The molecule has 0 aromatic heterocycles. The van der Waals surface area contributed by atoms with Crippen molar-refractivity contribution in [1.82, 2.24) is 5.32 Å². The van der Waals surface area contributed by atoms with Crippen molar-refractivity contribution in [3.05, 3.63) is 18.2 Å². The SMILES string of the molecule is COc1cc(N2CCC3NC(=O)CCC3C2)ccc1N. The highest BCUT2D eigenvalue weighted by molar-refractivity contribution is 5.77. The third-order valence-electron chi connectivity index (χ3n) is 4.40. The zero-order valence-electron chi connectivity index (χ0n) is 11.8. The first kappa shape index (κ1) is 13.1. The van der Waals surface area contributed by atoms with Gasteiger partial charge in [-0.3, -0.25) is 4.79 Å². The second kappa shape index (κ2) is 5.23. The predicted molar refractivity (Wildman–Crippen MR) is 78.9 cm³/mol. The summed E-state index contributed by atoms with van der Waals surface area (Å²) in [5.41, 5.74) is 7.67. The molecule has 2 fully saturated rings. The van der Waals surface area contributed by atoms with Crippen LogP contribution in [-0.2, 0) is 4.79 Å². The highest BCUT2D eigenvalue weighted by Crippen LogP contribution is 2.32. The Bertz CT molecular complexity index is 518. The van der Waals surface area contributed by atoms with Crippen molar-refractivity contribution in [3.8, 4) is 5.75 Å². The van der Waals surface area contributed by atoms with E-state index in [2.05, 4.69) is 10.2 Å². The van der Waals surface area contributed by atoms with Crippen LogP contribution >= 0.6 is 0 Å². The maximum atomic E-state index is 11.4. The third-order valence-corrected chi connectivity index (χ3v) is 4.40. The molecule has 1 aromatic carbocycles. The van der Waals surface area contributed by atoms with Crippen LogP contribution in [0.5, 0.6) is 5.75 Å². The molecule has 0 spiro atoms. The van der Waals surface area contributed by atoms with Gasteiger partial charge in [0.2, 0.25) is 5.91 Å². The minimum Gasteiger partial charge on any atom is -0.495 e. The van der Waals surface area contributed by atoms with Crippen LogP contribution in [0.3, 0.4) is 0 Å². The summed E-state index contributed by atoms with van der Waals surface area (Å²) < 4.78 is 5.29. The summed E-state index contributed by atoms with van der Waals surface area (Å²) in [6, 6.07) is 6.28. The monoisotopic (exact) mass is 275 g/mol. The molecule has 3 rings (SSSR count). The van der Waals surface area contributed by atoms with E-state index < -0.39 is 0 Å². The van der Waals surface area contributed by atoms with E-state index in [0.29, 0.717) is 24.1 Å². The van der Waals surface area contributed by atoms with E-state index in [1.165, 1.54) is 0 Å². The molecule has 1 amide bonds. The van der Waals surface area contributed by atoms with Crippen LogP contribution in [0.2, 0.25) is 0 Å². The molecule has 108 valence electrons. The van der Waals surface area contributed by atoms with E-state index in [0.717, 1.165) is 37.4 Å². The number of fused-ring (bicyclic) bond motifs is 1. The molecule has 2 atom stereocenters. The van der Waals surface area contributed by atoms with Crippen molar-refractivity contribution < 1.29 is 9.53 Å². The van der Waals surface area contributed by atoms with Gasteiger partial charge in [-0.15, -0.1) is 0 Å². The topological polar surface area (TPSA) is 67.6 Å². The number of hydrogen-bond acceptors (Lipinski definition) is 4. The summed E-state index contributed by atoms with van der Waals surface area (Å²) >= 11 is 0. The van der Waals surface area contributed by atoms with Gasteiger partial charge in [0.15, 0.2) is 0 Å². The molecule has 2 aliphatic rings. The highest BCUT2D eigenvalue weighted by Gasteiger charge is 2.33. The Morgan fingerprint density at radius 3 is 3.05 bits per heavy atom. The Morgan fingerprint density at radius 2 is 2.25 bits per heavy atom. The Labute approximate surface area is 119 Å². The Morgan fingerprint density at radius 1 is 1.40 bits per heavy atom. The Balaban J connectivity index is 1.74. The highest BCUT2D eigenvalue weighted by atomic mass is 16.5. The molecule has 0 aliphatic carbocycles. The average Bonchev–Trinajstić information content (AvgIpc) is 2.47. The number of nitrogens with two attached hydrogens (primary N) is 1. The van der Waals surface area contributed by atoms with Crippen LogP contribution in [0.15, 0.2) is 18.2 Å². The lowest BCUT2D eigenvalue weighted by Gasteiger charge is -2.42. The lowest BCUT2D eigenvalue weighted by Crippen LogP contribution is -2.54. The molecule has 1 aromatic rings. The minimum atomic E-state index is 0.203. The summed E-state index contributed by atoms with van der Waals surface area (Å²) in [5, 5.41) is 3.11. The number of methoxy groups -OCH3 is 1. The van der Waals surface area contributed by atoms with Crippen LogP contribution in [0.1, 0.15) is 19.3 Å². The number of nitrogens with one attached hydrogen (secondary N) is 1. The Hall–Kier alpha value is -1.91. The molecule has 2 saturated heterocycles. The quantitative estimate of drug-likeness (QED) is 0.800. The van der Waals surface area contributed by atoms with Gasteiger partial charge in [0.1, 0.15) is 5.75 Å². The predicted octanol–water partition coefficient (Wildman–Crippen LogP) is 1.38. The molecule has 0 saturated carbocycles. The van der Waals surface area contributed by atoms with Crippen LogP contribution in [0.4, 0.5) is 11.4 Å². The summed E-state index contributed by atoms with van der Waals surface area (Å²) in [4.78, 5) is 13.8. The van der Waals surface area contributed by atoms with Crippen molar-refractivity contribution in [2.24, 2.45) is 5.92 Å². The molecule has 5 nitrogen and oxygen atoms in total. The summed E-state index contributed by atoms with van der Waals surface area (Å²) in [6.45, 7) is 1.94. The molecule has 20 heavy (non-hydrogen) atoms. The second-order valence-corrected chi connectivity index (χ2v) is 5.63. The van der Waals surface area contributed by atoms with Crippen molar-refractivity contribution in [2.45, 2.75) is 25.3 Å². The fourth-order valence-electron chi connectivity index (χ4n) is 3.24. The number of amides is 1. The second-order valence-electron chi connectivity index (χ2n) is 5.63. The van der Waals surface area contributed by atoms with Crippen LogP contribution < -0.4 is 20.7 Å². The number of benzene rings is 1. The number of piperidine rings is 2. The number of hydrogen-bond donors (Lipinski definition) is 2. The van der Waals surface area contributed by atoms with Gasteiger partial charge >= 0.3 is 0 Å². The number of nitrogen functional groups attached to an aromatic ring is 1. The normalized spacial score (nSPS) is 25.9. The number of rotatable bonds is 2. The maximum absolute atomic E-state index is 11.4. The van der Waals surface area contributed by atoms with E-state index in [1.54, 1.807) is 7.11 Å². The number of anilines is 2. The van der Waals surface area contributed by atoms with Gasteiger partial charge in [-0.05, 0) is 30.9 Å². The first-order valence-corrected chi connectivity index (χ1v) is 7.15. The first-order chi connectivity index (χ1) is 9.67. The third kappa shape index (κ3) is 2.40. The van der Waals surface area contributed by atoms with Crippen LogP contribution in [0, 0.1) is 5.92 Å². The maximum Gasteiger partial charge on any atom is 0.220 e. The minimum absolute atomic E-state index is 0.203. The number of carbonyl (C=O) groups is 1. The van der Waals surface area contributed by atoms with Crippen molar-refractivity contribution in [1.29, 1.82) is 0 Å². The molecule has 2 aliphatic heterocycles. The van der Waals surface area contributed by atoms with E-state index >= 15 is 0 Å². The van der Waals surface area contributed by atoms with E-state index in [-0.39, 0.29) is 5.91 Å². The van der Waals surface area contributed by atoms with Gasteiger partial charge in [-0.2, -0.15) is 0 Å². The summed E-state index contributed by atoms with van der Waals surface area (Å²) in [6.07, 6.45) is 2.64. The van der Waals surface area contributed by atoms with Gasteiger partial charge in [0, 0.05) is 37.3 Å². The largest absolute Gasteiger partial charge is 0.495 e. The number of nitrogens with zero attached hydrogens (tertiary/aromatic N) is 1. The summed E-state index contributed by atoms with van der Waals surface area (Å²) in [5.74, 6) is 1.47. The standard InChI is InChI=1S/C15H21N3O2/c1-20-14-8-11(3-4-12(14)16)18-7-6-13-10(9-18)2-5-15(19)17-13/h3-4,8,10,13H,2,5-7,9,16H2,1H3,(H,17,19). The first-order valence-electron chi connectivity index (χ1n) is 7.15. The summed E-state index contributed by atoms with van der Waals surface area (Å²) in [7, 11) is 1.64. The molecule has 0 bridgehead atoms. The molecule has 0 radical (unpaired) electrons. The average molecular weight is 275 g/mol. The molecule has 2 heterocycles. The molecular formula is C15H21N3O2. The van der Waals surface area contributed by atoms with E-state index in [4.69, 9.17) is 10.5 Å². The number of carbonyl (C=O) groups excluding carboxylic acids is 1. The Kier molecular flexibility index (Phi) is 3.42. The van der Waals surface area contributed by atoms with Gasteiger partial charge in [-0.1, -0.05) is 0 Å². The van der Waals surface area contributed by atoms with E-state index in [1.807, 2.05) is 18.2 Å². The lowest BCUT2D eigenvalue weighted by atomic mass is 9.85. The number of ether oxygens (including phenoxy) is 1.